The highest BCUT2D eigenvalue weighted by atomic mass is 15.1. The normalized spacial score (nSPS) is 26.1. The molecule has 0 aromatic carbocycles. The zero-order valence-electron chi connectivity index (χ0n) is 8.83. The van der Waals surface area contributed by atoms with Crippen LogP contribution < -0.4 is 17.2 Å². The molecule has 1 aliphatic rings. The summed E-state index contributed by atoms with van der Waals surface area (Å²) in [5.74, 6) is 0.149. The second-order valence-electron chi connectivity index (χ2n) is 4.58. The maximum atomic E-state index is 5.55. The number of nitrogens with two attached hydrogens (primary N) is 3. The zero-order chi connectivity index (χ0) is 10.8. The van der Waals surface area contributed by atoms with E-state index in [9.17, 15) is 0 Å². The summed E-state index contributed by atoms with van der Waals surface area (Å²) >= 11 is 0. The SMILES string of the molecule is CC1(C)CCC(N=C(N)N=C(N)N)C1. The molecule has 0 bridgehead atoms. The van der Waals surface area contributed by atoms with Gasteiger partial charge in [-0.05, 0) is 24.7 Å². The molecule has 0 radical (unpaired) electrons. The molecule has 0 saturated heterocycles. The van der Waals surface area contributed by atoms with Crippen LogP contribution in [0.5, 0.6) is 0 Å². The van der Waals surface area contributed by atoms with Crippen molar-refractivity contribution in [2.75, 3.05) is 0 Å². The Bertz CT molecular complexity index is 262. The van der Waals surface area contributed by atoms with E-state index in [2.05, 4.69) is 23.8 Å². The average molecular weight is 197 g/mol. The van der Waals surface area contributed by atoms with Crippen LogP contribution in [0.15, 0.2) is 9.98 Å². The second kappa shape index (κ2) is 3.86. The van der Waals surface area contributed by atoms with E-state index < -0.39 is 0 Å². The van der Waals surface area contributed by atoms with Crippen molar-refractivity contribution >= 4 is 11.9 Å². The maximum absolute atomic E-state index is 5.55. The molecule has 0 aromatic heterocycles. The maximum Gasteiger partial charge on any atom is 0.218 e. The molecule has 1 rings (SSSR count). The third kappa shape index (κ3) is 3.24. The standard InChI is InChI=1S/C9H19N5/c1-9(2)4-3-6(5-9)13-8(12)14-7(10)11/h6H,3-5H2,1-2H3,(H6,10,11,12,13,14). The Hall–Kier alpha value is -1.26. The molecule has 80 valence electrons. The van der Waals surface area contributed by atoms with Crippen molar-refractivity contribution in [2.45, 2.75) is 39.2 Å². The summed E-state index contributed by atoms with van der Waals surface area (Å²) in [5, 5.41) is 0. The Morgan fingerprint density at radius 2 is 1.93 bits per heavy atom. The summed E-state index contributed by atoms with van der Waals surface area (Å²) in [4.78, 5) is 7.95. The van der Waals surface area contributed by atoms with E-state index in [1.807, 2.05) is 0 Å². The van der Waals surface area contributed by atoms with Crippen LogP contribution in [0, 0.1) is 5.41 Å². The van der Waals surface area contributed by atoms with Crippen LogP contribution in [0.25, 0.3) is 0 Å². The fraction of sp³-hybridized carbons (Fsp3) is 0.778. The fourth-order valence-corrected chi connectivity index (χ4v) is 1.86. The minimum Gasteiger partial charge on any atom is -0.370 e. The fourth-order valence-electron chi connectivity index (χ4n) is 1.86. The van der Waals surface area contributed by atoms with Crippen molar-refractivity contribution < 1.29 is 0 Å². The first-order valence-electron chi connectivity index (χ1n) is 4.82. The summed E-state index contributed by atoms with van der Waals surface area (Å²) in [6.07, 6.45) is 3.29. The number of hydrogen-bond acceptors (Lipinski definition) is 1. The molecule has 0 heterocycles. The smallest absolute Gasteiger partial charge is 0.218 e. The monoisotopic (exact) mass is 197 g/mol. The lowest BCUT2D eigenvalue weighted by atomic mass is 9.92. The van der Waals surface area contributed by atoms with Crippen LogP contribution in [0.1, 0.15) is 33.1 Å². The molecule has 0 aromatic rings. The minimum absolute atomic E-state index is 0.0384. The van der Waals surface area contributed by atoms with E-state index in [0.29, 0.717) is 5.41 Å². The first kappa shape index (κ1) is 10.8. The van der Waals surface area contributed by atoms with Gasteiger partial charge in [-0.1, -0.05) is 13.8 Å². The van der Waals surface area contributed by atoms with Gasteiger partial charge >= 0.3 is 0 Å². The highest BCUT2D eigenvalue weighted by molar-refractivity contribution is 5.92. The number of aliphatic imine (C=N–C) groups is 2. The Balaban J connectivity index is 2.57. The molecule has 1 atom stereocenters. The quantitative estimate of drug-likeness (QED) is 0.412. The van der Waals surface area contributed by atoms with Crippen LogP contribution in [0.3, 0.4) is 0 Å². The van der Waals surface area contributed by atoms with E-state index in [4.69, 9.17) is 17.2 Å². The predicted octanol–water partition coefficient (Wildman–Crippen LogP) is 0.153. The molecule has 6 N–H and O–H groups in total. The van der Waals surface area contributed by atoms with E-state index in [1.54, 1.807) is 0 Å². The molecule has 1 unspecified atom stereocenters. The first-order chi connectivity index (χ1) is 6.39. The number of hydrogen-bond donors (Lipinski definition) is 3. The first-order valence-corrected chi connectivity index (χ1v) is 4.82. The number of guanidine groups is 2. The molecule has 1 saturated carbocycles. The third-order valence-electron chi connectivity index (χ3n) is 2.50. The summed E-state index contributed by atoms with van der Waals surface area (Å²) in [7, 11) is 0. The van der Waals surface area contributed by atoms with Crippen molar-refractivity contribution in [3.63, 3.8) is 0 Å². The van der Waals surface area contributed by atoms with Crippen molar-refractivity contribution in [1.29, 1.82) is 0 Å². The van der Waals surface area contributed by atoms with E-state index in [-0.39, 0.29) is 18.0 Å². The Morgan fingerprint density at radius 1 is 1.29 bits per heavy atom. The van der Waals surface area contributed by atoms with Crippen LogP contribution in [-0.2, 0) is 0 Å². The van der Waals surface area contributed by atoms with Gasteiger partial charge in [-0.25, -0.2) is 4.99 Å². The van der Waals surface area contributed by atoms with Gasteiger partial charge in [0.05, 0.1) is 6.04 Å². The molecule has 0 aliphatic heterocycles. The second-order valence-corrected chi connectivity index (χ2v) is 4.58. The third-order valence-corrected chi connectivity index (χ3v) is 2.50. The van der Waals surface area contributed by atoms with Gasteiger partial charge in [0.15, 0.2) is 5.96 Å². The van der Waals surface area contributed by atoms with E-state index in [1.165, 1.54) is 6.42 Å². The average Bonchev–Trinajstić information content (AvgIpc) is 2.27. The summed E-state index contributed by atoms with van der Waals surface area (Å²) < 4.78 is 0. The van der Waals surface area contributed by atoms with Crippen molar-refractivity contribution in [3.8, 4) is 0 Å². The Labute approximate surface area is 84.5 Å². The molecular weight excluding hydrogens is 178 g/mol. The highest BCUT2D eigenvalue weighted by Gasteiger charge is 2.30. The summed E-state index contributed by atoms with van der Waals surface area (Å²) in [6, 6.07) is 0.271. The van der Waals surface area contributed by atoms with Crippen molar-refractivity contribution in [3.05, 3.63) is 0 Å². The number of nitrogens with zero attached hydrogens (tertiary/aromatic N) is 2. The predicted molar refractivity (Wildman–Crippen MR) is 58.9 cm³/mol. The van der Waals surface area contributed by atoms with Gasteiger partial charge in [0.1, 0.15) is 0 Å². The van der Waals surface area contributed by atoms with Crippen LogP contribution >= 0.6 is 0 Å². The van der Waals surface area contributed by atoms with Gasteiger partial charge in [0.2, 0.25) is 5.96 Å². The molecule has 1 aliphatic carbocycles. The lowest BCUT2D eigenvalue weighted by Gasteiger charge is -2.15. The van der Waals surface area contributed by atoms with Gasteiger partial charge < -0.3 is 17.2 Å². The van der Waals surface area contributed by atoms with Crippen LogP contribution in [0.4, 0.5) is 0 Å². The molecule has 0 spiro atoms. The van der Waals surface area contributed by atoms with E-state index in [0.717, 1.165) is 12.8 Å². The van der Waals surface area contributed by atoms with Gasteiger partial charge in [-0.15, -0.1) is 0 Å². The Kier molecular flexibility index (Phi) is 2.98. The minimum atomic E-state index is -0.0384. The number of rotatable bonds is 1. The molecule has 5 heteroatoms. The van der Waals surface area contributed by atoms with Crippen LogP contribution in [0.2, 0.25) is 0 Å². The summed E-state index contributed by atoms with van der Waals surface area (Å²) in [6.45, 7) is 4.47. The van der Waals surface area contributed by atoms with Crippen LogP contribution in [-0.4, -0.2) is 18.0 Å². The molecule has 0 amide bonds. The van der Waals surface area contributed by atoms with Gasteiger partial charge in [-0.2, -0.15) is 4.99 Å². The van der Waals surface area contributed by atoms with E-state index >= 15 is 0 Å². The lowest BCUT2D eigenvalue weighted by Crippen LogP contribution is -2.27. The summed E-state index contributed by atoms with van der Waals surface area (Å²) in [5.41, 5.74) is 16.3. The zero-order valence-corrected chi connectivity index (χ0v) is 8.83. The molecular formula is C9H19N5. The van der Waals surface area contributed by atoms with Gasteiger partial charge in [0, 0.05) is 0 Å². The molecule has 5 nitrogen and oxygen atoms in total. The van der Waals surface area contributed by atoms with Crippen molar-refractivity contribution in [1.82, 2.24) is 0 Å². The van der Waals surface area contributed by atoms with Gasteiger partial charge in [-0.3, -0.25) is 0 Å². The van der Waals surface area contributed by atoms with Crippen molar-refractivity contribution in [2.24, 2.45) is 32.6 Å². The largest absolute Gasteiger partial charge is 0.370 e. The Morgan fingerprint density at radius 3 is 2.36 bits per heavy atom. The molecule has 14 heavy (non-hydrogen) atoms. The lowest BCUT2D eigenvalue weighted by molar-refractivity contribution is 0.376. The topological polar surface area (TPSA) is 103 Å². The highest BCUT2D eigenvalue weighted by Crippen LogP contribution is 2.38. The van der Waals surface area contributed by atoms with Gasteiger partial charge in [0.25, 0.3) is 0 Å². The molecule has 1 fully saturated rings.